The van der Waals surface area contributed by atoms with E-state index in [1.807, 2.05) is 0 Å². The van der Waals surface area contributed by atoms with Crippen molar-refractivity contribution in [2.24, 2.45) is 0 Å². The lowest BCUT2D eigenvalue weighted by Crippen LogP contribution is -2.40. The number of aliphatic hydroxyl groups is 2. The SMILES string of the molecule is COc1ccc(OCC(O)CNCC(O)CNS(=O)(=O)O)cc1. The van der Waals surface area contributed by atoms with Crippen molar-refractivity contribution in [2.75, 3.05) is 33.4 Å². The molecule has 0 radical (unpaired) electrons. The first-order valence-electron chi connectivity index (χ1n) is 6.86. The van der Waals surface area contributed by atoms with Gasteiger partial charge >= 0.3 is 10.3 Å². The molecule has 132 valence electrons. The molecule has 2 atom stereocenters. The molecule has 0 bridgehead atoms. The Bertz CT molecular complexity index is 550. The predicted octanol–water partition coefficient (Wildman–Crippen LogP) is -1.22. The summed E-state index contributed by atoms with van der Waals surface area (Å²) in [5, 5.41) is 22.0. The molecule has 0 aliphatic carbocycles. The van der Waals surface area contributed by atoms with Crippen LogP contribution in [0.15, 0.2) is 24.3 Å². The number of rotatable bonds is 11. The summed E-state index contributed by atoms with van der Waals surface area (Å²) in [7, 11) is -2.76. The second-order valence-corrected chi connectivity index (χ2v) is 6.01. The first-order chi connectivity index (χ1) is 10.8. The Balaban J connectivity index is 2.17. The Kier molecular flexibility index (Phi) is 8.23. The number of nitrogens with one attached hydrogen (secondary N) is 2. The standard InChI is InChI=1S/C13H22N2O7S/c1-21-12-2-4-13(5-3-12)22-9-11(17)7-14-6-10(16)8-15-23(18,19)20/h2-5,10-11,14-17H,6-9H2,1H3,(H,18,19,20). The number of aliphatic hydroxyl groups excluding tert-OH is 2. The highest BCUT2D eigenvalue weighted by molar-refractivity contribution is 7.83. The summed E-state index contributed by atoms with van der Waals surface area (Å²) in [5.74, 6) is 1.29. The second-order valence-electron chi connectivity index (χ2n) is 4.78. The van der Waals surface area contributed by atoms with E-state index in [4.69, 9.17) is 14.0 Å². The summed E-state index contributed by atoms with van der Waals surface area (Å²) < 4.78 is 41.5. The third-order valence-electron chi connectivity index (χ3n) is 2.76. The van der Waals surface area contributed by atoms with Crippen LogP contribution in [0.5, 0.6) is 11.5 Å². The van der Waals surface area contributed by atoms with Crippen molar-refractivity contribution < 1.29 is 32.7 Å². The van der Waals surface area contributed by atoms with E-state index in [1.54, 1.807) is 36.1 Å². The highest BCUT2D eigenvalue weighted by Crippen LogP contribution is 2.16. The van der Waals surface area contributed by atoms with Gasteiger partial charge in [0.15, 0.2) is 0 Å². The van der Waals surface area contributed by atoms with E-state index in [2.05, 4.69) is 5.32 Å². The van der Waals surface area contributed by atoms with Crippen LogP contribution in [0.3, 0.4) is 0 Å². The van der Waals surface area contributed by atoms with Crippen molar-refractivity contribution in [1.29, 1.82) is 0 Å². The number of benzene rings is 1. The summed E-state index contributed by atoms with van der Waals surface area (Å²) in [6, 6.07) is 6.89. The lowest BCUT2D eigenvalue weighted by Gasteiger charge is -2.15. The molecule has 0 saturated heterocycles. The van der Waals surface area contributed by atoms with Gasteiger partial charge in [0.2, 0.25) is 0 Å². The van der Waals surface area contributed by atoms with Gasteiger partial charge in [-0.2, -0.15) is 13.1 Å². The van der Waals surface area contributed by atoms with Crippen LogP contribution in [0.4, 0.5) is 0 Å². The fraction of sp³-hybridized carbons (Fsp3) is 0.538. The molecule has 0 saturated carbocycles. The van der Waals surface area contributed by atoms with Crippen LogP contribution < -0.4 is 19.5 Å². The fourth-order valence-corrected chi connectivity index (χ4v) is 2.02. The quantitative estimate of drug-likeness (QED) is 0.313. The molecule has 2 unspecified atom stereocenters. The molecule has 0 heterocycles. The molecule has 0 aliphatic rings. The molecule has 0 fully saturated rings. The third kappa shape index (κ3) is 9.33. The maximum atomic E-state index is 10.4. The molecule has 23 heavy (non-hydrogen) atoms. The van der Waals surface area contributed by atoms with Gasteiger partial charge in [-0.05, 0) is 24.3 Å². The van der Waals surface area contributed by atoms with Crippen molar-refractivity contribution >= 4 is 10.3 Å². The van der Waals surface area contributed by atoms with Gasteiger partial charge in [-0.15, -0.1) is 0 Å². The van der Waals surface area contributed by atoms with Crippen molar-refractivity contribution in [3.05, 3.63) is 24.3 Å². The minimum Gasteiger partial charge on any atom is -0.497 e. The van der Waals surface area contributed by atoms with Crippen molar-refractivity contribution in [1.82, 2.24) is 10.0 Å². The second kappa shape index (κ2) is 9.65. The molecule has 0 spiro atoms. The van der Waals surface area contributed by atoms with E-state index in [9.17, 15) is 18.6 Å². The van der Waals surface area contributed by atoms with Crippen LogP contribution in [0.1, 0.15) is 0 Å². The highest BCUT2D eigenvalue weighted by atomic mass is 32.2. The molecule has 1 rings (SSSR count). The molecular formula is C13H22N2O7S. The largest absolute Gasteiger partial charge is 0.497 e. The smallest absolute Gasteiger partial charge is 0.333 e. The van der Waals surface area contributed by atoms with Crippen molar-refractivity contribution in [3.63, 3.8) is 0 Å². The molecule has 5 N–H and O–H groups in total. The van der Waals surface area contributed by atoms with Crippen LogP contribution in [-0.4, -0.2) is 68.7 Å². The number of hydrogen-bond donors (Lipinski definition) is 5. The van der Waals surface area contributed by atoms with E-state index in [1.165, 1.54) is 0 Å². The van der Waals surface area contributed by atoms with E-state index < -0.39 is 22.5 Å². The Labute approximate surface area is 135 Å². The van der Waals surface area contributed by atoms with Gasteiger partial charge in [-0.1, -0.05) is 0 Å². The van der Waals surface area contributed by atoms with Gasteiger partial charge in [-0.25, -0.2) is 0 Å². The summed E-state index contributed by atoms with van der Waals surface area (Å²) >= 11 is 0. The maximum absolute atomic E-state index is 10.4. The summed E-state index contributed by atoms with van der Waals surface area (Å²) in [6.45, 7) is -0.0792. The van der Waals surface area contributed by atoms with Gasteiger partial charge < -0.3 is 25.0 Å². The normalized spacial score (nSPS) is 14.3. The minimum absolute atomic E-state index is 0.0438. The summed E-state index contributed by atoms with van der Waals surface area (Å²) in [4.78, 5) is 0. The number of hydrogen-bond acceptors (Lipinski definition) is 7. The molecule has 0 aromatic heterocycles. The monoisotopic (exact) mass is 350 g/mol. The molecule has 10 heteroatoms. The Morgan fingerprint density at radius 3 is 2.17 bits per heavy atom. The van der Waals surface area contributed by atoms with Crippen LogP contribution in [0.25, 0.3) is 0 Å². The Morgan fingerprint density at radius 2 is 1.61 bits per heavy atom. The van der Waals surface area contributed by atoms with E-state index in [-0.39, 0.29) is 26.2 Å². The highest BCUT2D eigenvalue weighted by Gasteiger charge is 2.10. The number of methoxy groups -OCH3 is 1. The lowest BCUT2D eigenvalue weighted by molar-refractivity contribution is 0.0999. The van der Waals surface area contributed by atoms with Crippen LogP contribution in [0, 0.1) is 0 Å². The van der Waals surface area contributed by atoms with Crippen LogP contribution in [-0.2, 0) is 10.3 Å². The average Bonchev–Trinajstić information content (AvgIpc) is 2.51. The zero-order valence-electron chi connectivity index (χ0n) is 12.7. The van der Waals surface area contributed by atoms with E-state index >= 15 is 0 Å². The molecule has 0 amide bonds. The van der Waals surface area contributed by atoms with Gasteiger partial charge in [0.1, 0.15) is 24.2 Å². The summed E-state index contributed by atoms with van der Waals surface area (Å²) in [5.41, 5.74) is 0. The van der Waals surface area contributed by atoms with Gasteiger partial charge in [0, 0.05) is 19.6 Å². The molecule has 1 aromatic carbocycles. The lowest BCUT2D eigenvalue weighted by atomic mass is 10.3. The molecule has 0 aliphatic heterocycles. The zero-order valence-corrected chi connectivity index (χ0v) is 13.5. The van der Waals surface area contributed by atoms with Gasteiger partial charge in [0.05, 0.1) is 13.2 Å². The molecule has 1 aromatic rings. The fourth-order valence-electron chi connectivity index (χ4n) is 1.61. The topological polar surface area (TPSA) is 137 Å². The zero-order chi connectivity index (χ0) is 17.3. The first kappa shape index (κ1) is 19.6. The molecular weight excluding hydrogens is 328 g/mol. The van der Waals surface area contributed by atoms with Crippen LogP contribution in [0.2, 0.25) is 0 Å². The Morgan fingerprint density at radius 1 is 1.04 bits per heavy atom. The van der Waals surface area contributed by atoms with Crippen molar-refractivity contribution in [2.45, 2.75) is 12.2 Å². The molecule has 9 nitrogen and oxygen atoms in total. The van der Waals surface area contributed by atoms with Crippen LogP contribution >= 0.6 is 0 Å². The first-order valence-corrected chi connectivity index (χ1v) is 8.30. The number of ether oxygens (including phenoxy) is 2. The van der Waals surface area contributed by atoms with Gasteiger partial charge in [-0.3, -0.25) is 4.55 Å². The minimum atomic E-state index is -4.32. The van der Waals surface area contributed by atoms with E-state index in [0.29, 0.717) is 11.5 Å². The third-order valence-corrected chi connectivity index (χ3v) is 3.29. The Hall–Kier alpha value is -1.43. The van der Waals surface area contributed by atoms with Crippen molar-refractivity contribution in [3.8, 4) is 11.5 Å². The summed E-state index contributed by atoms with van der Waals surface area (Å²) in [6.07, 6.45) is -1.84. The maximum Gasteiger partial charge on any atom is 0.333 e. The average molecular weight is 350 g/mol. The van der Waals surface area contributed by atoms with Gasteiger partial charge in [0.25, 0.3) is 0 Å². The predicted molar refractivity (Wildman–Crippen MR) is 82.9 cm³/mol. The van der Waals surface area contributed by atoms with E-state index in [0.717, 1.165) is 0 Å².